The van der Waals surface area contributed by atoms with Crippen LogP contribution >= 0.6 is 15.9 Å². The Balaban J connectivity index is 1.67. The Bertz CT molecular complexity index is 794. The number of para-hydroxylation sites is 1. The zero-order valence-corrected chi connectivity index (χ0v) is 14.9. The molecule has 3 aromatic rings. The largest absolute Gasteiger partial charge is 0.359 e. The third-order valence-corrected chi connectivity index (χ3v) is 4.36. The van der Waals surface area contributed by atoms with E-state index in [0.29, 0.717) is 0 Å². The summed E-state index contributed by atoms with van der Waals surface area (Å²) in [6.07, 6.45) is 6.16. The summed E-state index contributed by atoms with van der Waals surface area (Å²) in [6.45, 7) is 0.871. The molecule has 0 unspecified atom stereocenters. The first kappa shape index (κ1) is 16.4. The first-order chi connectivity index (χ1) is 11.7. The van der Waals surface area contributed by atoms with E-state index >= 15 is 0 Å². The van der Waals surface area contributed by atoms with E-state index in [-0.39, 0.29) is 0 Å². The highest BCUT2D eigenvalue weighted by Gasteiger charge is 2.06. The smallest absolute Gasteiger partial charge is 0.135 e. The Morgan fingerprint density at radius 2 is 1.88 bits per heavy atom. The molecule has 2 heterocycles. The van der Waals surface area contributed by atoms with Gasteiger partial charge in [0, 0.05) is 36.5 Å². The maximum absolute atomic E-state index is 4.37. The van der Waals surface area contributed by atoms with Crippen molar-refractivity contribution in [2.45, 2.75) is 6.42 Å². The maximum atomic E-state index is 4.37. The van der Waals surface area contributed by atoms with Crippen LogP contribution < -0.4 is 10.2 Å². The lowest BCUT2D eigenvalue weighted by molar-refractivity contribution is 0.855. The molecule has 0 aliphatic heterocycles. The molecule has 0 fully saturated rings. The Kier molecular flexibility index (Phi) is 5.38. The second kappa shape index (κ2) is 7.88. The molecule has 5 nitrogen and oxygen atoms in total. The van der Waals surface area contributed by atoms with Crippen LogP contribution in [0.1, 0.15) is 5.56 Å². The second-order valence-corrected chi connectivity index (χ2v) is 6.25. The summed E-state index contributed by atoms with van der Waals surface area (Å²) in [5, 5.41) is 3.31. The average Bonchev–Trinajstić information content (AvgIpc) is 2.63. The Morgan fingerprint density at radius 1 is 1.08 bits per heavy atom. The minimum atomic E-state index is 0.766. The van der Waals surface area contributed by atoms with Gasteiger partial charge in [-0.2, -0.15) is 0 Å². The van der Waals surface area contributed by atoms with Crippen LogP contribution in [0.15, 0.2) is 65.7 Å². The summed E-state index contributed by atoms with van der Waals surface area (Å²) in [4.78, 5) is 14.8. The van der Waals surface area contributed by atoms with Gasteiger partial charge in [0.1, 0.15) is 18.0 Å². The molecule has 0 aliphatic carbocycles. The molecule has 1 aromatic carbocycles. The summed E-state index contributed by atoms with van der Waals surface area (Å²) in [5.41, 5.74) is 2.24. The Morgan fingerprint density at radius 3 is 2.67 bits per heavy atom. The van der Waals surface area contributed by atoms with Gasteiger partial charge >= 0.3 is 0 Å². The standard InChI is InChI=1S/C18H18BrN5/c1-24(11-8-14-6-9-20-10-7-14)18-12-17(21-13-22-18)23-16-5-3-2-4-15(16)19/h2-7,9-10,12-13H,8,11H2,1H3,(H,21,22,23). The molecule has 0 saturated carbocycles. The van der Waals surface area contributed by atoms with E-state index in [1.807, 2.05) is 61.9 Å². The predicted molar refractivity (Wildman–Crippen MR) is 101 cm³/mol. The van der Waals surface area contributed by atoms with Crippen molar-refractivity contribution < 1.29 is 0 Å². The number of pyridine rings is 1. The van der Waals surface area contributed by atoms with E-state index in [0.717, 1.165) is 34.8 Å². The Labute approximate surface area is 149 Å². The van der Waals surface area contributed by atoms with Crippen molar-refractivity contribution in [2.75, 3.05) is 23.8 Å². The van der Waals surface area contributed by atoms with Gasteiger partial charge in [-0.15, -0.1) is 0 Å². The van der Waals surface area contributed by atoms with E-state index in [4.69, 9.17) is 0 Å². The summed E-state index contributed by atoms with van der Waals surface area (Å²) >= 11 is 3.53. The zero-order valence-electron chi connectivity index (χ0n) is 13.4. The number of nitrogens with one attached hydrogen (secondary N) is 1. The average molecular weight is 384 g/mol. The molecule has 24 heavy (non-hydrogen) atoms. The van der Waals surface area contributed by atoms with Crippen molar-refractivity contribution in [3.63, 3.8) is 0 Å². The fraction of sp³-hybridized carbons (Fsp3) is 0.167. The lowest BCUT2D eigenvalue weighted by Crippen LogP contribution is -2.21. The highest BCUT2D eigenvalue weighted by atomic mass is 79.9. The van der Waals surface area contributed by atoms with E-state index in [1.54, 1.807) is 6.33 Å². The molecule has 0 radical (unpaired) electrons. The molecular weight excluding hydrogens is 366 g/mol. The number of anilines is 3. The molecule has 0 atom stereocenters. The minimum absolute atomic E-state index is 0.766. The number of halogens is 1. The highest BCUT2D eigenvalue weighted by Crippen LogP contribution is 2.25. The SMILES string of the molecule is CN(CCc1ccncc1)c1cc(Nc2ccccc2Br)ncn1. The van der Waals surface area contributed by atoms with Gasteiger partial charge in [0.25, 0.3) is 0 Å². The van der Waals surface area contributed by atoms with Gasteiger partial charge in [0.05, 0.1) is 5.69 Å². The summed E-state index contributed by atoms with van der Waals surface area (Å²) in [7, 11) is 2.03. The van der Waals surface area contributed by atoms with Crippen LogP contribution in [0.5, 0.6) is 0 Å². The number of benzene rings is 1. The fourth-order valence-corrected chi connectivity index (χ4v) is 2.67. The van der Waals surface area contributed by atoms with E-state index in [9.17, 15) is 0 Å². The van der Waals surface area contributed by atoms with Crippen LogP contribution in [0, 0.1) is 0 Å². The molecule has 122 valence electrons. The maximum Gasteiger partial charge on any atom is 0.135 e. The topological polar surface area (TPSA) is 53.9 Å². The van der Waals surface area contributed by atoms with Crippen LogP contribution in [0.25, 0.3) is 0 Å². The third-order valence-electron chi connectivity index (χ3n) is 3.67. The summed E-state index contributed by atoms with van der Waals surface area (Å²) in [6, 6.07) is 14.0. The molecule has 1 N–H and O–H groups in total. The van der Waals surface area contributed by atoms with Gasteiger partial charge in [-0.25, -0.2) is 9.97 Å². The molecule has 0 bridgehead atoms. The van der Waals surface area contributed by atoms with Gasteiger partial charge in [-0.3, -0.25) is 4.98 Å². The number of nitrogens with zero attached hydrogens (tertiary/aromatic N) is 4. The van der Waals surface area contributed by atoms with Crippen molar-refractivity contribution in [3.8, 4) is 0 Å². The number of hydrogen-bond acceptors (Lipinski definition) is 5. The lowest BCUT2D eigenvalue weighted by Gasteiger charge is -2.18. The lowest BCUT2D eigenvalue weighted by atomic mass is 10.2. The van der Waals surface area contributed by atoms with Crippen molar-refractivity contribution in [3.05, 3.63) is 71.2 Å². The molecular formula is C18H18BrN5. The van der Waals surface area contributed by atoms with Crippen LogP contribution in [-0.4, -0.2) is 28.5 Å². The van der Waals surface area contributed by atoms with E-state index < -0.39 is 0 Å². The van der Waals surface area contributed by atoms with Crippen LogP contribution in [-0.2, 0) is 6.42 Å². The second-order valence-electron chi connectivity index (χ2n) is 5.39. The van der Waals surface area contributed by atoms with Crippen molar-refractivity contribution >= 4 is 33.3 Å². The molecule has 2 aromatic heterocycles. The summed E-state index contributed by atoms with van der Waals surface area (Å²) in [5.74, 6) is 1.65. The van der Waals surface area contributed by atoms with Crippen molar-refractivity contribution in [2.24, 2.45) is 0 Å². The van der Waals surface area contributed by atoms with Gasteiger partial charge in [-0.05, 0) is 52.2 Å². The number of hydrogen-bond donors (Lipinski definition) is 1. The molecule has 0 saturated heterocycles. The minimum Gasteiger partial charge on any atom is -0.359 e. The number of aromatic nitrogens is 3. The summed E-state index contributed by atoms with van der Waals surface area (Å²) < 4.78 is 0.996. The molecule has 0 amide bonds. The fourth-order valence-electron chi connectivity index (χ4n) is 2.29. The first-order valence-electron chi connectivity index (χ1n) is 7.66. The van der Waals surface area contributed by atoms with E-state index in [1.165, 1.54) is 5.56 Å². The van der Waals surface area contributed by atoms with E-state index in [2.05, 4.69) is 41.1 Å². The predicted octanol–water partition coefficient (Wildman–Crippen LogP) is 4.06. The number of likely N-dealkylation sites (N-methyl/N-ethyl adjacent to an activating group) is 1. The monoisotopic (exact) mass is 383 g/mol. The van der Waals surface area contributed by atoms with Crippen LogP contribution in [0.4, 0.5) is 17.3 Å². The molecule has 0 spiro atoms. The molecule has 6 heteroatoms. The van der Waals surface area contributed by atoms with Crippen LogP contribution in [0.2, 0.25) is 0 Å². The number of rotatable bonds is 6. The molecule has 3 rings (SSSR count). The van der Waals surface area contributed by atoms with Crippen molar-refractivity contribution in [1.82, 2.24) is 15.0 Å². The van der Waals surface area contributed by atoms with Crippen molar-refractivity contribution in [1.29, 1.82) is 0 Å². The van der Waals surface area contributed by atoms with Gasteiger partial charge in [0.15, 0.2) is 0 Å². The first-order valence-corrected chi connectivity index (χ1v) is 8.45. The zero-order chi connectivity index (χ0) is 16.8. The highest BCUT2D eigenvalue weighted by molar-refractivity contribution is 9.10. The Hall–Kier alpha value is -2.47. The van der Waals surface area contributed by atoms with Crippen LogP contribution in [0.3, 0.4) is 0 Å². The van der Waals surface area contributed by atoms with Gasteiger partial charge in [-0.1, -0.05) is 12.1 Å². The van der Waals surface area contributed by atoms with Gasteiger partial charge < -0.3 is 10.2 Å². The quantitative estimate of drug-likeness (QED) is 0.695. The van der Waals surface area contributed by atoms with Gasteiger partial charge in [0.2, 0.25) is 0 Å². The normalized spacial score (nSPS) is 10.4. The molecule has 0 aliphatic rings. The third kappa shape index (κ3) is 4.29.